The molecule has 7 heavy (non-hydrogen) atoms. The lowest BCUT2D eigenvalue weighted by Crippen LogP contribution is -1.70. The molecule has 0 amide bonds. The van der Waals surface area contributed by atoms with E-state index in [0.717, 1.165) is 5.75 Å². The summed E-state index contributed by atoms with van der Waals surface area (Å²) in [5.74, 6) is 0.778. The smallest absolute Gasteiger partial charge is 0.0951 e. The van der Waals surface area contributed by atoms with Gasteiger partial charge in [0.1, 0.15) is 0 Å². The van der Waals surface area contributed by atoms with Crippen molar-refractivity contribution in [1.82, 2.24) is 0 Å². The maximum absolute atomic E-state index is 7.97. The highest BCUT2D eigenvalue weighted by atomic mass is 32.2. The minimum absolute atomic E-state index is 0.564. The fourth-order valence-corrected chi connectivity index (χ4v) is 0.665. The van der Waals surface area contributed by atoms with Crippen molar-refractivity contribution in [2.75, 3.05) is 5.75 Å². The molecular formula is C4H4NS2. The van der Waals surface area contributed by atoms with Gasteiger partial charge in [0.05, 0.1) is 10.8 Å². The first-order chi connectivity index (χ1) is 3.41. The van der Waals surface area contributed by atoms with Crippen LogP contribution in [0, 0.1) is 11.3 Å². The largest absolute Gasteiger partial charge is 0.198 e. The highest BCUT2D eigenvalue weighted by molar-refractivity contribution is 8.20. The summed E-state index contributed by atoms with van der Waals surface area (Å²) in [6.45, 7) is 0. The molecule has 0 aliphatic heterocycles. The van der Waals surface area contributed by atoms with E-state index in [4.69, 9.17) is 5.26 Å². The van der Waals surface area contributed by atoms with Crippen molar-refractivity contribution in [2.45, 2.75) is 6.42 Å². The topological polar surface area (TPSA) is 23.8 Å². The molecule has 0 aliphatic rings. The van der Waals surface area contributed by atoms with Gasteiger partial charge in [0.2, 0.25) is 0 Å². The molecule has 0 N–H and O–H groups in total. The molecule has 0 aliphatic carbocycles. The van der Waals surface area contributed by atoms with Crippen molar-refractivity contribution in [3.8, 4) is 6.07 Å². The van der Waals surface area contributed by atoms with Crippen molar-refractivity contribution in [3.63, 3.8) is 0 Å². The van der Waals surface area contributed by atoms with Crippen LogP contribution < -0.4 is 0 Å². The Morgan fingerprint density at radius 1 is 1.71 bits per heavy atom. The van der Waals surface area contributed by atoms with E-state index in [2.05, 4.69) is 16.9 Å². The highest BCUT2D eigenvalue weighted by Gasteiger charge is 1.78. The van der Waals surface area contributed by atoms with Crippen LogP contribution in [0.5, 0.6) is 0 Å². The number of nitrogens with zero attached hydrogens (tertiary/aromatic N) is 1. The summed E-state index contributed by atoms with van der Waals surface area (Å²) in [5.41, 5.74) is 0. The summed E-state index contributed by atoms with van der Waals surface area (Å²) < 4.78 is 2.45. The molecule has 0 aromatic carbocycles. The maximum Gasteiger partial charge on any atom is 0.0951 e. The van der Waals surface area contributed by atoms with Crippen molar-refractivity contribution >= 4 is 28.7 Å². The Labute approximate surface area is 52.7 Å². The Morgan fingerprint density at radius 2 is 2.43 bits per heavy atom. The molecule has 0 heterocycles. The van der Waals surface area contributed by atoms with Crippen molar-refractivity contribution in [1.29, 1.82) is 5.26 Å². The van der Waals surface area contributed by atoms with Crippen molar-refractivity contribution < 1.29 is 0 Å². The Kier molecular flexibility index (Phi) is 5.87. The fraction of sp³-hybridized carbons (Fsp3) is 0.500. The first-order valence-electron chi connectivity index (χ1n) is 1.77. The molecule has 3 heteroatoms. The second-order valence-electron chi connectivity index (χ2n) is 0.840. The standard InChI is InChI=1S/C4H4NS2/c5-2-1-3-7-4-6/h1,3H2. The Balaban J connectivity index is 2.72. The van der Waals surface area contributed by atoms with E-state index >= 15 is 0 Å². The zero-order valence-corrected chi connectivity index (χ0v) is 5.31. The number of thiocarbonyl (C=S) groups is 1. The third-order valence-corrected chi connectivity index (χ3v) is 1.25. The average Bonchev–Trinajstić information content (AvgIpc) is 1.69. The SMILES string of the molecule is N#CCCS[C]=S. The Hall–Kier alpha value is -0.0700. The van der Waals surface area contributed by atoms with Gasteiger partial charge in [0.25, 0.3) is 0 Å². The molecule has 0 fully saturated rings. The quantitative estimate of drug-likeness (QED) is 0.427. The molecular weight excluding hydrogens is 126 g/mol. The lowest BCUT2D eigenvalue weighted by atomic mass is 10.6. The summed E-state index contributed by atoms with van der Waals surface area (Å²) in [7, 11) is 0. The minimum atomic E-state index is 0.564. The third kappa shape index (κ3) is 5.93. The van der Waals surface area contributed by atoms with Gasteiger partial charge in [-0.25, -0.2) is 0 Å². The lowest BCUT2D eigenvalue weighted by molar-refractivity contribution is 1.25. The van der Waals surface area contributed by atoms with E-state index in [1.807, 2.05) is 6.07 Å². The summed E-state index contributed by atoms with van der Waals surface area (Å²) >= 11 is 5.74. The number of nitriles is 1. The van der Waals surface area contributed by atoms with Crippen molar-refractivity contribution in [3.05, 3.63) is 0 Å². The monoisotopic (exact) mass is 130 g/mol. The normalized spacial score (nSPS) is 7.29. The molecule has 37 valence electrons. The molecule has 0 atom stereocenters. The van der Waals surface area contributed by atoms with E-state index in [9.17, 15) is 0 Å². The maximum atomic E-state index is 7.97. The zero-order chi connectivity index (χ0) is 5.54. The van der Waals surface area contributed by atoms with Gasteiger partial charge in [0, 0.05) is 12.2 Å². The van der Waals surface area contributed by atoms with Crippen LogP contribution in [-0.2, 0) is 0 Å². The first-order valence-corrected chi connectivity index (χ1v) is 3.17. The van der Waals surface area contributed by atoms with Gasteiger partial charge in [-0.05, 0) is 0 Å². The molecule has 0 rings (SSSR count). The average molecular weight is 130 g/mol. The number of thioether (sulfide) groups is 1. The van der Waals surface area contributed by atoms with Gasteiger partial charge in [-0.15, -0.1) is 11.8 Å². The predicted molar refractivity (Wildman–Crippen MR) is 35.3 cm³/mol. The Bertz CT molecular complexity index is 84.2. The fourth-order valence-electron chi connectivity index (χ4n) is 0.138. The van der Waals surface area contributed by atoms with Crippen LogP contribution in [0.2, 0.25) is 0 Å². The lowest BCUT2D eigenvalue weighted by Gasteiger charge is -1.78. The summed E-state index contributed by atoms with van der Waals surface area (Å²) in [6.07, 6.45) is 0.564. The van der Waals surface area contributed by atoms with Crippen LogP contribution in [0.15, 0.2) is 0 Å². The van der Waals surface area contributed by atoms with Crippen LogP contribution in [-0.4, -0.2) is 10.5 Å². The first kappa shape index (κ1) is 6.93. The van der Waals surface area contributed by atoms with Gasteiger partial charge < -0.3 is 0 Å². The minimum Gasteiger partial charge on any atom is -0.198 e. The molecule has 0 bridgehead atoms. The van der Waals surface area contributed by atoms with Crippen LogP contribution >= 0.6 is 24.0 Å². The van der Waals surface area contributed by atoms with Crippen LogP contribution in [0.1, 0.15) is 6.42 Å². The molecule has 0 saturated heterocycles. The van der Waals surface area contributed by atoms with Crippen LogP contribution in [0.4, 0.5) is 0 Å². The second-order valence-corrected chi connectivity index (χ2v) is 2.20. The van der Waals surface area contributed by atoms with E-state index in [-0.39, 0.29) is 0 Å². The number of rotatable bonds is 3. The van der Waals surface area contributed by atoms with E-state index in [1.165, 1.54) is 11.8 Å². The third-order valence-electron chi connectivity index (χ3n) is 0.375. The van der Waals surface area contributed by atoms with Gasteiger partial charge in [0.15, 0.2) is 0 Å². The van der Waals surface area contributed by atoms with Gasteiger partial charge in [-0.3, -0.25) is 0 Å². The zero-order valence-electron chi connectivity index (χ0n) is 3.68. The van der Waals surface area contributed by atoms with E-state index in [0.29, 0.717) is 6.42 Å². The Morgan fingerprint density at radius 3 is 2.86 bits per heavy atom. The summed E-state index contributed by atoms with van der Waals surface area (Å²) in [5, 5.41) is 7.97. The van der Waals surface area contributed by atoms with Gasteiger partial charge >= 0.3 is 0 Å². The summed E-state index contributed by atoms with van der Waals surface area (Å²) in [6, 6.07) is 2.00. The second kappa shape index (κ2) is 5.93. The molecule has 0 unspecified atom stereocenters. The van der Waals surface area contributed by atoms with Gasteiger partial charge in [-0.1, -0.05) is 12.2 Å². The van der Waals surface area contributed by atoms with Crippen LogP contribution in [0.25, 0.3) is 0 Å². The molecule has 1 nitrogen and oxygen atoms in total. The molecule has 1 radical (unpaired) electrons. The highest BCUT2D eigenvalue weighted by Crippen LogP contribution is 1.95. The van der Waals surface area contributed by atoms with E-state index < -0.39 is 0 Å². The number of hydrogen-bond acceptors (Lipinski definition) is 3. The number of hydrogen-bond donors (Lipinski definition) is 0. The van der Waals surface area contributed by atoms with Gasteiger partial charge in [-0.2, -0.15) is 5.26 Å². The molecule has 0 aromatic rings. The van der Waals surface area contributed by atoms with E-state index in [1.54, 1.807) is 0 Å². The predicted octanol–water partition coefficient (Wildman–Crippen LogP) is 1.47. The van der Waals surface area contributed by atoms with Crippen molar-refractivity contribution in [2.24, 2.45) is 0 Å². The van der Waals surface area contributed by atoms with Crippen LogP contribution in [0.3, 0.4) is 0 Å². The molecule has 0 aromatic heterocycles. The molecule has 0 spiro atoms. The molecule has 0 saturated carbocycles. The summed E-state index contributed by atoms with van der Waals surface area (Å²) in [4.78, 5) is 0.